The molecule has 1 aliphatic carbocycles. The summed E-state index contributed by atoms with van der Waals surface area (Å²) in [7, 11) is -5.85. The highest BCUT2D eigenvalue weighted by Crippen LogP contribution is 2.31. The van der Waals surface area contributed by atoms with E-state index in [9.17, 15) is 30.0 Å². The van der Waals surface area contributed by atoms with Crippen LogP contribution in [0.1, 0.15) is 44.1 Å². The molecule has 0 unspecified atom stereocenters. The van der Waals surface area contributed by atoms with Gasteiger partial charge >= 0.3 is 6.18 Å². The van der Waals surface area contributed by atoms with Crippen LogP contribution in [0.15, 0.2) is 29.2 Å². The minimum atomic E-state index is -4.52. The van der Waals surface area contributed by atoms with Gasteiger partial charge in [-0.2, -0.15) is 21.6 Å². The van der Waals surface area contributed by atoms with Gasteiger partial charge in [-0.3, -0.25) is 4.18 Å². The second-order valence-electron chi connectivity index (χ2n) is 8.05. The van der Waals surface area contributed by atoms with Crippen LogP contribution in [-0.2, 0) is 35.2 Å². The lowest BCUT2D eigenvalue weighted by Crippen LogP contribution is -2.34. The number of ether oxygens (including phenoxy) is 1. The van der Waals surface area contributed by atoms with Gasteiger partial charge in [0.2, 0.25) is 10.0 Å². The molecule has 2 rings (SSSR count). The van der Waals surface area contributed by atoms with Gasteiger partial charge in [0.1, 0.15) is 0 Å². The third kappa shape index (κ3) is 8.62. The first-order valence-corrected chi connectivity index (χ1v) is 13.6. The van der Waals surface area contributed by atoms with E-state index in [4.69, 9.17) is 4.74 Å². The molecule has 0 radical (unpaired) electrons. The van der Waals surface area contributed by atoms with Gasteiger partial charge in [-0.15, -0.1) is 0 Å². The van der Waals surface area contributed by atoms with E-state index in [1.807, 2.05) is 0 Å². The minimum Gasteiger partial charge on any atom is -0.378 e. The van der Waals surface area contributed by atoms with E-state index in [1.54, 1.807) is 0 Å². The molecule has 184 valence electrons. The Balaban J connectivity index is 1.74. The predicted molar refractivity (Wildman–Crippen MR) is 113 cm³/mol. The number of alkyl halides is 3. The number of hydrogen-bond donors (Lipinski definition) is 0. The van der Waals surface area contributed by atoms with Gasteiger partial charge in [0, 0.05) is 20.2 Å². The summed E-state index contributed by atoms with van der Waals surface area (Å²) in [4.78, 5) is -0.162. The number of nitrogens with zero attached hydrogens (tertiary/aromatic N) is 1. The standard InChI is InChI=1S/C20H30F3NO6S2/c1-24(32(27,28)19-11-7-17(8-12-19)20(21,22)23)15-16-5-9-18(10-6-16)29-13-3-4-14-30-31(2,25)26/h7-8,11-12,16,18H,3-6,9-10,13-15H2,1-2H3. The molecule has 1 fully saturated rings. The molecule has 0 spiro atoms. The van der Waals surface area contributed by atoms with Crippen molar-refractivity contribution in [2.24, 2.45) is 5.92 Å². The van der Waals surface area contributed by atoms with E-state index in [0.717, 1.165) is 56.2 Å². The topological polar surface area (TPSA) is 90.0 Å². The maximum Gasteiger partial charge on any atom is 0.416 e. The molecule has 0 aromatic heterocycles. The van der Waals surface area contributed by atoms with Gasteiger partial charge in [-0.25, -0.2) is 12.7 Å². The van der Waals surface area contributed by atoms with Crippen LogP contribution in [0.25, 0.3) is 0 Å². The van der Waals surface area contributed by atoms with Gasteiger partial charge in [-0.1, -0.05) is 0 Å². The second-order valence-corrected chi connectivity index (χ2v) is 11.7. The zero-order valence-electron chi connectivity index (χ0n) is 18.2. The Bertz CT molecular complexity index is 925. The van der Waals surface area contributed by atoms with Crippen molar-refractivity contribution in [2.75, 3.05) is 33.1 Å². The normalized spacial score (nSPS) is 20.6. The van der Waals surface area contributed by atoms with Crippen LogP contribution in [-0.4, -0.2) is 60.3 Å². The highest BCUT2D eigenvalue weighted by atomic mass is 32.2. The van der Waals surface area contributed by atoms with E-state index in [0.29, 0.717) is 26.0 Å². The molecule has 7 nitrogen and oxygen atoms in total. The van der Waals surface area contributed by atoms with E-state index < -0.39 is 31.9 Å². The van der Waals surface area contributed by atoms with Gasteiger partial charge in [0.05, 0.1) is 29.4 Å². The van der Waals surface area contributed by atoms with Crippen molar-refractivity contribution in [3.05, 3.63) is 29.8 Å². The lowest BCUT2D eigenvalue weighted by atomic mass is 9.87. The molecule has 0 saturated heterocycles. The maximum atomic E-state index is 12.7. The Morgan fingerprint density at radius 3 is 2.06 bits per heavy atom. The molecule has 0 atom stereocenters. The fourth-order valence-electron chi connectivity index (χ4n) is 3.60. The Labute approximate surface area is 188 Å². The molecular weight excluding hydrogens is 471 g/mol. The first-order chi connectivity index (χ1) is 14.8. The van der Waals surface area contributed by atoms with Crippen LogP contribution in [0, 0.1) is 5.92 Å². The van der Waals surface area contributed by atoms with Crippen molar-refractivity contribution in [3.63, 3.8) is 0 Å². The molecule has 1 saturated carbocycles. The smallest absolute Gasteiger partial charge is 0.378 e. The highest BCUT2D eigenvalue weighted by molar-refractivity contribution is 7.89. The van der Waals surface area contributed by atoms with Gasteiger partial charge in [-0.05, 0) is 68.7 Å². The molecule has 0 aliphatic heterocycles. The summed E-state index contributed by atoms with van der Waals surface area (Å²) < 4.78 is 96.9. The molecule has 12 heteroatoms. The summed E-state index contributed by atoms with van der Waals surface area (Å²) in [6, 6.07) is 3.52. The molecule has 0 N–H and O–H groups in total. The quantitative estimate of drug-likeness (QED) is 0.340. The largest absolute Gasteiger partial charge is 0.416 e. The van der Waals surface area contributed by atoms with Crippen molar-refractivity contribution in [1.29, 1.82) is 0 Å². The lowest BCUT2D eigenvalue weighted by molar-refractivity contribution is -0.137. The summed E-state index contributed by atoms with van der Waals surface area (Å²) in [6.45, 7) is 0.929. The van der Waals surface area contributed by atoms with E-state index in [2.05, 4.69) is 4.18 Å². The number of halogens is 3. The molecule has 32 heavy (non-hydrogen) atoms. The van der Waals surface area contributed by atoms with Crippen LogP contribution < -0.4 is 0 Å². The zero-order chi connectivity index (χ0) is 24.0. The van der Waals surface area contributed by atoms with Gasteiger partial charge in [0.15, 0.2) is 0 Å². The number of hydrogen-bond acceptors (Lipinski definition) is 6. The Morgan fingerprint density at radius 1 is 0.969 bits per heavy atom. The van der Waals surface area contributed by atoms with Crippen molar-refractivity contribution in [1.82, 2.24) is 4.31 Å². The number of benzene rings is 1. The van der Waals surface area contributed by atoms with Gasteiger partial charge in [0.25, 0.3) is 10.1 Å². The van der Waals surface area contributed by atoms with Crippen molar-refractivity contribution < 1.29 is 38.9 Å². The number of unbranched alkanes of at least 4 members (excludes halogenated alkanes) is 1. The minimum absolute atomic E-state index is 0.0823. The second kappa shape index (κ2) is 11.3. The SMILES string of the molecule is CN(CC1CCC(OCCCCOS(C)(=O)=O)CC1)S(=O)(=O)c1ccc(C(F)(F)F)cc1. The number of sulfonamides is 1. The first-order valence-electron chi connectivity index (χ1n) is 10.4. The summed E-state index contributed by atoms with van der Waals surface area (Å²) in [5.74, 6) is 0.146. The zero-order valence-corrected chi connectivity index (χ0v) is 19.8. The first kappa shape index (κ1) is 27.0. The van der Waals surface area contributed by atoms with Crippen molar-refractivity contribution in [3.8, 4) is 0 Å². The van der Waals surface area contributed by atoms with Crippen LogP contribution in [0.3, 0.4) is 0 Å². The summed E-state index contributed by atoms with van der Waals surface area (Å²) in [6.07, 6.45) is 0.991. The molecule has 0 heterocycles. The Kier molecular flexibility index (Phi) is 9.53. The fraction of sp³-hybridized carbons (Fsp3) is 0.700. The molecule has 0 bridgehead atoms. The molecule has 1 aromatic carbocycles. The van der Waals surface area contributed by atoms with Crippen LogP contribution in [0.4, 0.5) is 13.2 Å². The third-order valence-electron chi connectivity index (χ3n) is 5.39. The van der Waals surface area contributed by atoms with Crippen molar-refractivity contribution in [2.45, 2.75) is 55.7 Å². The predicted octanol–water partition coefficient (Wildman–Crippen LogP) is 3.66. The highest BCUT2D eigenvalue weighted by Gasteiger charge is 2.32. The van der Waals surface area contributed by atoms with E-state index in [-0.39, 0.29) is 23.5 Å². The third-order valence-corrected chi connectivity index (χ3v) is 7.82. The van der Waals surface area contributed by atoms with E-state index in [1.165, 1.54) is 11.4 Å². The molecule has 0 amide bonds. The maximum absolute atomic E-state index is 12.7. The summed E-state index contributed by atoms with van der Waals surface area (Å²) in [5, 5.41) is 0. The number of rotatable bonds is 11. The Hall–Kier alpha value is -1.21. The van der Waals surface area contributed by atoms with Crippen LogP contribution in [0.2, 0.25) is 0 Å². The molecular formula is C20H30F3NO6S2. The van der Waals surface area contributed by atoms with Crippen LogP contribution >= 0.6 is 0 Å². The van der Waals surface area contributed by atoms with Crippen LogP contribution in [0.5, 0.6) is 0 Å². The average molecular weight is 502 g/mol. The summed E-state index contributed by atoms with van der Waals surface area (Å²) >= 11 is 0. The van der Waals surface area contributed by atoms with E-state index >= 15 is 0 Å². The fourth-order valence-corrected chi connectivity index (χ4v) is 5.27. The van der Waals surface area contributed by atoms with Crippen molar-refractivity contribution >= 4 is 20.1 Å². The Morgan fingerprint density at radius 2 is 1.53 bits per heavy atom. The molecule has 1 aliphatic rings. The van der Waals surface area contributed by atoms with Gasteiger partial charge < -0.3 is 4.74 Å². The summed E-state index contributed by atoms with van der Waals surface area (Å²) in [5.41, 5.74) is -0.889. The monoisotopic (exact) mass is 501 g/mol. The molecule has 1 aromatic rings. The average Bonchev–Trinajstić information content (AvgIpc) is 2.70. The lowest BCUT2D eigenvalue weighted by Gasteiger charge is -2.31.